The molecule has 2 aliphatic rings. The molecule has 1 aromatic heterocycles. The molecular formula is C59H38N2S. The van der Waals surface area contributed by atoms with Crippen LogP contribution in [0, 0.1) is 0 Å². The van der Waals surface area contributed by atoms with Crippen molar-refractivity contribution in [3.8, 4) is 27.9 Å². The third kappa shape index (κ3) is 5.00. The Balaban J connectivity index is 1.12. The molecule has 0 N–H and O–H groups in total. The first-order valence-corrected chi connectivity index (χ1v) is 22.2. The van der Waals surface area contributed by atoms with E-state index in [9.17, 15) is 0 Å². The molecule has 0 radical (unpaired) electrons. The zero-order valence-corrected chi connectivity index (χ0v) is 34.6. The summed E-state index contributed by atoms with van der Waals surface area (Å²) in [6.45, 7) is 0. The molecule has 290 valence electrons. The molecule has 0 fully saturated rings. The SMILES string of the molecule is c1ccc(-c2ccccc2N(c2ccc3c(c2)C2(c4ccccc4S3)c3ccccc3-c3cccc4cccc2c34)c2ccc3c(c2)c2ccccc2n3-c2ccccc2)cc1. The van der Waals surface area contributed by atoms with E-state index in [0.29, 0.717) is 0 Å². The van der Waals surface area contributed by atoms with Gasteiger partial charge < -0.3 is 9.47 Å². The molecule has 0 saturated carbocycles. The van der Waals surface area contributed by atoms with E-state index in [0.717, 1.165) is 22.7 Å². The Bertz CT molecular complexity index is 3560. The maximum atomic E-state index is 2.51. The molecule has 10 aromatic carbocycles. The van der Waals surface area contributed by atoms with Crippen LogP contribution in [-0.2, 0) is 5.41 Å². The Labute approximate surface area is 365 Å². The second kappa shape index (κ2) is 13.7. The molecular weight excluding hydrogens is 769 g/mol. The van der Waals surface area contributed by atoms with Crippen molar-refractivity contribution in [2.24, 2.45) is 0 Å². The van der Waals surface area contributed by atoms with Crippen molar-refractivity contribution in [1.82, 2.24) is 4.57 Å². The summed E-state index contributed by atoms with van der Waals surface area (Å²) in [5.74, 6) is 0. The van der Waals surface area contributed by atoms with Crippen LogP contribution in [0.3, 0.4) is 0 Å². The normalized spacial score (nSPS) is 14.8. The minimum atomic E-state index is -0.560. The first-order chi connectivity index (χ1) is 30.8. The minimum absolute atomic E-state index is 0.560. The second-order valence-corrected chi connectivity index (χ2v) is 17.5. The monoisotopic (exact) mass is 806 g/mol. The van der Waals surface area contributed by atoms with Crippen molar-refractivity contribution >= 4 is 61.4 Å². The van der Waals surface area contributed by atoms with Crippen LogP contribution in [0.4, 0.5) is 17.1 Å². The predicted octanol–water partition coefficient (Wildman–Crippen LogP) is 15.9. The number of benzene rings is 10. The second-order valence-electron chi connectivity index (χ2n) is 16.4. The predicted molar refractivity (Wildman–Crippen MR) is 260 cm³/mol. The Morgan fingerprint density at radius 2 is 1.00 bits per heavy atom. The van der Waals surface area contributed by atoms with Gasteiger partial charge in [0.15, 0.2) is 0 Å². The zero-order chi connectivity index (χ0) is 40.8. The van der Waals surface area contributed by atoms with E-state index < -0.39 is 5.41 Å². The number of aromatic nitrogens is 1. The maximum Gasteiger partial charge on any atom is 0.0736 e. The minimum Gasteiger partial charge on any atom is -0.310 e. The number of rotatable bonds is 5. The van der Waals surface area contributed by atoms with Crippen molar-refractivity contribution in [1.29, 1.82) is 0 Å². The molecule has 1 atom stereocenters. The highest BCUT2D eigenvalue weighted by atomic mass is 32.2. The number of hydrogen-bond donors (Lipinski definition) is 0. The number of nitrogens with zero attached hydrogens (tertiary/aromatic N) is 2. The topological polar surface area (TPSA) is 8.17 Å². The summed E-state index contributed by atoms with van der Waals surface area (Å²) in [6, 6.07) is 85.5. The maximum absolute atomic E-state index is 2.51. The van der Waals surface area contributed by atoms with Crippen LogP contribution in [0.25, 0.3) is 60.5 Å². The molecule has 13 rings (SSSR count). The van der Waals surface area contributed by atoms with Gasteiger partial charge in [0.1, 0.15) is 0 Å². The lowest BCUT2D eigenvalue weighted by atomic mass is 9.59. The molecule has 0 saturated heterocycles. The summed E-state index contributed by atoms with van der Waals surface area (Å²) in [5, 5.41) is 5.04. The lowest BCUT2D eigenvalue weighted by Gasteiger charge is -2.46. The number of anilines is 3. The molecule has 62 heavy (non-hydrogen) atoms. The molecule has 2 heterocycles. The fraction of sp³-hybridized carbons (Fsp3) is 0.0169. The summed E-state index contributed by atoms with van der Waals surface area (Å²) in [6.07, 6.45) is 0. The summed E-state index contributed by atoms with van der Waals surface area (Å²) in [4.78, 5) is 5.07. The highest BCUT2D eigenvalue weighted by Gasteiger charge is 2.48. The lowest BCUT2D eigenvalue weighted by Crippen LogP contribution is -2.36. The number of para-hydroxylation sites is 3. The van der Waals surface area contributed by atoms with E-state index in [-0.39, 0.29) is 0 Å². The molecule has 1 aliphatic carbocycles. The quantitative estimate of drug-likeness (QED) is 0.171. The molecule has 0 bridgehead atoms. The molecule has 1 spiro atoms. The van der Waals surface area contributed by atoms with Crippen LogP contribution < -0.4 is 4.90 Å². The molecule has 11 aromatic rings. The third-order valence-corrected chi connectivity index (χ3v) is 14.4. The van der Waals surface area contributed by atoms with Gasteiger partial charge in [-0.25, -0.2) is 0 Å². The van der Waals surface area contributed by atoms with Crippen molar-refractivity contribution in [3.05, 3.63) is 253 Å². The largest absolute Gasteiger partial charge is 0.310 e. The third-order valence-electron chi connectivity index (χ3n) is 13.2. The van der Waals surface area contributed by atoms with Gasteiger partial charge >= 0.3 is 0 Å². The van der Waals surface area contributed by atoms with E-state index in [1.807, 2.05) is 11.8 Å². The van der Waals surface area contributed by atoms with Gasteiger partial charge in [-0.15, -0.1) is 0 Å². The highest BCUT2D eigenvalue weighted by molar-refractivity contribution is 7.99. The Kier molecular flexibility index (Phi) is 7.79. The lowest BCUT2D eigenvalue weighted by molar-refractivity contribution is 0.707. The van der Waals surface area contributed by atoms with Crippen LogP contribution in [0.2, 0.25) is 0 Å². The van der Waals surface area contributed by atoms with E-state index in [1.54, 1.807) is 0 Å². The fourth-order valence-electron chi connectivity index (χ4n) is 10.7. The van der Waals surface area contributed by atoms with Crippen LogP contribution in [0.15, 0.2) is 240 Å². The summed E-state index contributed by atoms with van der Waals surface area (Å²) in [5.41, 5.74) is 16.5. The molecule has 3 heteroatoms. The fourth-order valence-corrected chi connectivity index (χ4v) is 11.9. The molecule has 0 amide bonds. The summed E-state index contributed by atoms with van der Waals surface area (Å²) >= 11 is 1.89. The standard InChI is InChI=1S/C59H38N2S/c1-3-17-39(18-4-1)44-23-8-12-30-53(44)60(42-33-35-55-48(37-42)46-25-9-13-31-54(46)61(55)41-21-5-2-6-22-41)43-34-36-57-52(38-43)59(50-28-11-14-32-56(50)62-57)49-27-10-7-24-45(49)47-26-15-19-40-20-16-29-51(59)58(40)47/h1-38H. The van der Waals surface area contributed by atoms with Gasteiger partial charge in [0.2, 0.25) is 0 Å². The van der Waals surface area contributed by atoms with E-state index in [4.69, 9.17) is 0 Å². The van der Waals surface area contributed by atoms with E-state index >= 15 is 0 Å². The Morgan fingerprint density at radius 1 is 0.387 bits per heavy atom. The van der Waals surface area contributed by atoms with Crippen molar-refractivity contribution in [2.75, 3.05) is 4.90 Å². The molecule has 1 unspecified atom stereocenters. The van der Waals surface area contributed by atoms with Gasteiger partial charge in [0.25, 0.3) is 0 Å². The van der Waals surface area contributed by atoms with Gasteiger partial charge in [-0.05, 0) is 116 Å². The number of fused-ring (bicyclic) bond motifs is 11. The van der Waals surface area contributed by atoms with Crippen LogP contribution in [-0.4, -0.2) is 4.57 Å². The first kappa shape index (κ1) is 35.2. The van der Waals surface area contributed by atoms with Gasteiger partial charge in [-0.3, -0.25) is 0 Å². The van der Waals surface area contributed by atoms with Gasteiger partial charge in [-0.2, -0.15) is 0 Å². The number of hydrogen-bond acceptors (Lipinski definition) is 2. The average molecular weight is 807 g/mol. The highest BCUT2D eigenvalue weighted by Crippen LogP contribution is 2.62. The Hall–Kier alpha value is -7.59. The van der Waals surface area contributed by atoms with Crippen LogP contribution in [0.1, 0.15) is 22.3 Å². The van der Waals surface area contributed by atoms with Crippen molar-refractivity contribution in [3.63, 3.8) is 0 Å². The van der Waals surface area contributed by atoms with E-state index in [1.165, 1.54) is 86.9 Å². The Morgan fingerprint density at radius 3 is 1.87 bits per heavy atom. The smallest absolute Gasteiger partial charge is 0.0736 e. The van der Waals surface area contributed by atoms with E-state index in [2.05, 4.69) is 240 Å². The summed E-state index contributed by atoms with van der Waals surface area (Å²) in [7, 11) is 0. The molecule has 2 nitrogen and oxygen atoms in total. The summed E-state index contributed by atoms with van der Waals surface area (Å²) < 4.78 is 2.40. The first-order valence-electron chi connectivity index (χ1n) is 21.3. The van der Waals surface area contributed by atoms with Crippen LogP contribution >= 0.6 is 11.8 Å². The zero-order valence-electron chi connectivity index (χ0n) is 33.7. The van der Waals surface area contributed by atoms with Gasteiger partial charge in [0, 0.05) is 43.2 Å². The van der Waals surface area contributed by atoms with Crippen molar-refractivity contribution in [2.45, 2.75) is 15.2 Å². The average Bonchev–Trinajstić information content (AvgIpc) is 3.67. The van der Waals surface area contributed by atoms with Gasteiger partial charge in [-0.1, -0.05) is 176 Å². The van der Waals surface area contributed by atoms with Gasteiger partial charge in [0.05, 0.1) is 22.1 Å². The van der Waals surface area contributed by atoms with Crippen LogP contribution in [0.5, 0.6) is 0 Å². The molecule has 1 aliphatic heterocycles. The van der Waals surface area contributed by atoms with Crippen molar-refractivity contribution < 1.29 is 0 Å².